The molecule has 14 heavy (non-hydrogen) atoms. The highest BCUT2D eigenvalue weighted by atomic mass is 32.1. The Kier molecular flexibility index (Phi) is 4.14. The number of hydrogen-bond donors (Lipinski definition) is 1. The van der Waals surface area contributed by atoms with Crippen molar-refractivity contribution in [2.24, 2.45) is 11.7 Å². The summed E-state index contributed by atoms with van der Waals surface area (Å²) in [6.07, 6.45) is 2.35. The van der Waals surface area contributed by atoms with E-state index in [9.17, 15) is 0 Å². The van der Waals surface area contributed by atoms with Gasteiger partial charge in [-0.2, -0.15) is 0 Å². The topological polar surface area (TPSA) is 26.0 Å². The molecule has 0 aromatic carbocycles. The number of rotatable bonds is 4. The van der Waals surface area contributed by atoms with E-state index >= 15 is 0 Å². The molecular formula is C12H21NS. The summed E-state index contributed by atoms with van der Waals surface area (Å²) in [6, 6.07) is 2.48. The third-order valence-electron chi connectivity index (χ3n) is 3.00. The lowest BCUT2D eigenvalue weighted by Gasteiger charge is -2.21. The number of nitrogens with two attached hydrogens (primary N) is 1. The van der Waals surface area contributed by atoms with E-state index in [4.69, 9.17) is 5.73 Å². The molecule has 0 saturated carbocycles. The Labute approximate surface area is 91.3 Å². The van der Waals surface area contributed by atoms with Gasteiger partial charge >= 0.3 is 0 Å². The first-order valence-corrected chi connectivity index (χ1v) is 6.24. The second kappa shape index (κ2) is 4.94. The number of aryl methyl sites for hydroxylation is 2. The first-order chi connectivity index (χ1) is 6.60. The Morgan fingerprint density at radius 1 is 1.29 bits per heavy atom. The molecule has 0 saturated heterocycles. The fraction of sp³-hybridized carbons (Fsp3) is 0.667. The molecule has 0 radical (unpaired) electrons. The second-order valence-electron chi connectivity index (χ2n) is 3.97. The minimum atomic E-state index is 0.231. The van der Waals surface area contributed by atoms with E-state index in [1.807, 2.05) is 11.3 Å². The summed E-state index contributed by atoms with van der Waals surface area (Å²) in [4.78, 5) is 2.76. The van der Waals surface area contributed by atoms with Crippen molar-refractivity contribution in [1.29, 1.82) is 0 Å². The summed E-state index contributed by atoms with van der Waals surface area (Å²) in [5.41, 5.74) is 7.64. The van der Waals surface area contributed by atoms with E-state index in [-0.39, 0.29) is 6.04 Å². The maximum absolute atomic E-state index is 6.28. The zero-order chi connectivity index (χ0) is 10.7. The summed E-state index contributed by atoms with van der Waals surface area (Å²) in [7, 11) is 0. The average molecular weight is 211 g/mol. The Bertz CT molecular complexity index is 287. The normalized spacial score (nSPS) is 13.6. The molecule has 0 aliphatic heterocycles. The van der Waals surface area contributed by atoms with Gasteiger partial charge in [0.25, 0.3) is 0 Å². The van der Waals surface area contributed by atoms with Crippen LogP contribution in [0.1, 0.15) is 48.0 Å². The number of thiophene rings is 1. The highest BCUT2D eigenvalue weighted by molar-refractivity contribution is 7.12. The van der Waals surface area contributed by atoms with E-state index in [0.717, 1.165) is 0 Å². The Morgan fingerprint density at radius 3 is 2.21 bits per heavy atom. The van der Waals surface area contributed by atoms with E-state index < -0.39 is 0 Å². The van der Waals surface area contributed by atoms with Gasteiger partial charge in [0.05, 0.1) is 0 Å². The van der Waals surface area contributed by atoms with Crippen LogP contribution in [0.3, 0.4) is 0 Å². The Morgan fingerprint density at radius 2 is 1.86 bits per heavy atom. The summed E-state index contributed by atoms with van der Waals surface area (Å²) in [5.74, 6) is 0.627. The zero-order valence-electron chi connectivity index (χ0n) is 9.63. The van der Waals surface area contributed by atoms with Crippen molar-refractivity contribution in [2.45, 2.75) is 46.6 Å². The largest absolute Gasteiger partial charge is 0.324 e. The smallest absolute Gasteiger partial charge is 0.0334 e. The average Bonchev–Trinajstić information content (AvgIpc) is 2.47. The molecule has 2 N–H and O–H groups in total. The van der Waals surface area contributed by atoms with Gasteiger partial charge in [-0.1, -0.05) is 26.7 Å². The molecule has 1 aromatic heterocycles. The van der Waals surface area contributed by atoms with Gasteiger partial charge in [-0.15, -0.1) is 11.3 Å². The molecule has 0 fully saturated rings. The van der Waals surface area contributed by atoms with Crippen LogP contribution in [0.5, 0.6) is 0 Å². The molecule has 1 heterocycles. The Balaban J connectivity index is 2.87. The lowest BCUT2D eigenvalue weighted by molar-refractivity contribution is 0.405. The van der Waals surface area contributed by atoms with Crippen molar-refractivity contribution < 1.29 is 0 Å². The van der Waals surface area contributed by atoms with Crippen molar-refractivity contribution in [3.05, 3.63) is 21.4 Å². The SMILES string of the molecule is CCC(CC)C(N)c1cc(C)sc1C. The fourth-order valence-electron chi connectivity index (χ4n) is 2.03. The predicted octanol–water partition coefficient (Wildman–Crippen LogP) is 3.80. The molecule has 0 bridgehead atoms. The third kappa shape index (κ3) is 2.37. The molecule has 0 amide bonds. The van der Waals surface area contributed by atoms with Crippen LogP contribution in [0.4, 0.5) is 0 Å². The van der Waals surface area contributed by atoms with Crippen LogP contribution in [-0.4, -0.2) is 0 Å². The molecule has 2 heteroatoms. The summed E-state index contributed by atoms with van der Waals surface area (Å²) >= 11 is 1.86. The second-order valence-corrected chi connectivity index (χ2v) is 5.43. The van der Waals surface area contributed by atoms with Gasteiger partial charge in [-0.25, -0.2) is 0 Å². The van der Waals surface area contributed by atoms with Crippen molar-refractivity contribution in [3.8, 4) is 0 Å². The van der Waals surface area contributed by atoms with E-state index in [1.165, 1.54) is 28.2 Å². The van der Waals surface area contributed by atoms with Gasteiger partial charge in [0.1, 0.15) is 0 Å². The lowest BCUT2D eigenvalue weighted by Crippen LogP contribution is -2.20. The van der Waals surface area contributed by atoms with Crippen molar-refractivity contribution in [1.82, 2.24) is 0 Å². The van der Waals surface area contributed by atoms with Crippen LogP contribution in [0.15, 0.2) is 6.07 Å². The molecule has 0 aliphatic carbocycles. The van der Waals surface area contributed by atoms with Gasteiger partial charge < -0.3 is 5.73 Å². The third-order valence-corrected chi connectivity index (χ3v) is 3.98. The van der Waals surface area contributed by atoms with Gasteiger partial charge in [0.15, 0.2) is 0 Å². The zero-order valence-corrected chi connectivity index (χ0v) is 10.4. The molecule has 1 rings (SSSR count). The van der Waals surface area contributed by atoms with E-state index in [0.29, 0.717) is 5.92 Å². The molecular weight excluding hydrogens is 190 g/mol. The maximum Gasteiger partial charge on any atom is 0.0334 e. The van der Waals surface area contributed by atoms with Crippen LogP contribution in [0.2, 0.25) is 0 Å². The number of hydrogen-bond acceptors (Lipinski definition) is 2. The molecule has 1 unspecified atom stereocenters. The first-order valence-electron chi connectivity index (χ1n) is 5.42. The highest BCUT2D eigenvalue weighted by Gasteiger charge is 2.18. The first kappa shape index (κ1) is 11.7. The minimum Gasteiger partial charge on any atom is -0.324 e. The quantitative estimate of drug-likeness (QED) is 0.805. The predicted molar refractivity (Wildman–Crippen MR) is 64.8 cm³/mol. The van der Waals surface area contributed by atoms with Gasteiger partial charge in [-0.3, -0.25) is 0 Å². The van der Waals surface area contributed by atoms with Crippen LogP contribution in [0.25, 0.3) is 0 Å². The van der Waals surface area contributed by atoms with E-state index in [2.05, 4.69) is 33.8 Å². The fourth-order valence-corrected chi connectivity index (χ4v) is 3.01. The molecule has 0 spiro atoms. The molecule has 1 aromatic rings. The lowest BCUT2D eigenvalue weighted by atomic mass is 9.90. The Hall–Kier alpha value is -0.340. The van der Waals surface area contributed by atoms with Gasteiger partial charge in [0, 0.05) is 15.8 Å². The summed E-state index contributed by atoms with van der Waals surface area (Å²) in [6.45, 7) is 8.78. The minimum absolute atomic E-state index is 0.231. The van der Waals surface area contributed by atoms with Gasteiger partial charge in [0.2, 0.25) is 0 Å². The van der Waals surface area contributed by atoms with Crippen molar-refractivity contribution >= 4 is 11.3 Å². The summed E-state index contributed by atoms with van der Waals surface area (Å²) < 4.78 is 0. The standard InChI is InChI=1S/C12H21NS/c1-5-10(6-2)12(13)11-7-8(3)14-9(11)4/h7,10,12H,5-6,13H2,1-4H3. The van der Waals surface area contributed by atoms with Crippen LogP contribution < -0.4 is 5.73 Å². The summed E-state index contributed by atoms with van der Waals surface area (Å²) in [5, 5.41) is 0. The molecule has 1 nitrogen and oxygen atoms in total. The van der Waals surface area contributed by atoms with Crippen molar-refractivity contribution in [3.63, 3.8) is 0 Å². The monoisotopic (exact) mass is 211 g/mol. The highest BCUT2D eigenvalue weighted by Crippen LogP contribution is 2.31. The van der Waals surface area contributed by atoms with Crippen LogP contribution in [-0.2, 0) is 0 Å². The van der Waals surface area contributed by atoms with Gasteiger partial charge in [-0.05, 0) is 31.4 Å². The van der Waals surface area contributed by atoms with E-state index in [1.54, 1.807) is 0 Å². The maximum atomic E-state index is 6.28. The van der Waals surface area contributed by atoms with Crippen LogP contribution in [0, 0.1) is 19.8 Å². The molecule has 80 valence electrons. The van der Waals surface area contributed by atoms with Crippen molar-refractivity contribution in [2.75, 3.05) is 0 Å². The van der Waals surface area contributed by atoms with Crippen LogP contribution >= 0.6 is 11.3 Å². The molecule has 0 aliphatic rings. The molecule has 1 atom stereocenters.